The number of aromatic carboxylic acids is 1. The molecule has 0 saturated heterocycles. The number of methoxy groups -OCH3 is 1. The minimum Gasteiger partial charge on any atom is -0.497 e. The Bertz CT molecular complexity index is 677. The molecule has 20 heavy (non-hydrogen) atoms. The molecule has 7 nitrogen and oxygen atoms in total. The van der Waals surface area contributed by atoms with E-state index in [0.717, 1.165) is 0 Å². The van der Waals surface area contributed by atoms with E-state index in [1.54, 1.807) is 24.3 Å². The molecular formula is C13H15N3O4. The number of carboxylic acid groups (broad SMARTS) is 1. The molecule has 1 heterocycles. The minimum absolute atomic E-state index is 0. The van der Waals surface area contributed by atoms with E-state index in [4.69, 9.17) is 9.84 Å². The van der Waals surface area contributed by atoms with Crippen LogP contribution in [0.15, 0.2) is 35.4 Å². The van der Waals surface area contributed by atoms with Crippen LogP contribution in [-0.2, 0) is 0 Å². The van der Waals surface area contributed by atoms with Crippen molar-refractivity contribution in [3.05, 3.63) is 52.2 Å². The van der Waals surface area contributed by atoms with Gasteiger partial charge in [0.2, 0.25) is 0 Å². The molecule has 1 aromatic heterocycles. The average molecular weight is 277 g/mol. The molecule has 4 N–H and O–H groups in total. The molecule has 0 aliphatic rings. The molecule has 0 radical (unpaired) electrons. The standard InChI is InChI=1S/C13H12N2O4.H3N/c1-8-11(13(17)18)12(16)15(7-14-8)9-3-5-10(19-2)6-4-9;/h3-7H,1-2H3,(H,17,18);1H3. The SMILES string of the molecule is COc1ccc(-n2cnc(C)c(C(=O)O)c2=O)cc1.N. The van der Waals surface area contributed by atoms with Crippen molar-refractivity contribution in [2.24, 2.45) is 0 Å². The van der Waals surface area contributed by atoms with Gasteiger partial charge in [-0.15, -0.1) is 0 Å². The fourth-order valence-corrected chi connectivity index (χ4v) is 1.71. The quantitative estimate of drug-likeness (QED) is 0.876. The zero-order chi connectivity index (χ0) is 14.0. The lowest BCUT2D eigenvalue weighted by Gasteiger charge is -2.08. The second-order valence-corrected chi connectivity index (χ2v) is 3.88. The van der Waals surface area contributed by atoms with Crippen molar-refractivity contribution in [1.29, 1.82) is 0 Å². The van der Waals surface area contributed by atoms with E-state index in [1.165, 1.54) is 24.9 Å². The van der Waals surface area contributed by atoms with Crippen LogP contribution in [0.25, 0.3) is 5.69 Å². The monoisotopic (exact) mass is 277 g/mol. The van der Waals surface area contributed by atoms with E-state index in [2.05, 4.69) is 4.98 Å². The highest BCUT2D eigenvalue weighted by Crippen LogP contribution is 2.13. The lowest BCUT2D eigenvalue weighted by molar-refractivity contribution is 0.0693. The van der Waals surface area contributed by atoms with E-state index < -0.39 is 11.5 Å². The summed E-state index contributed by atoms with van der Waals surface area (Å²) >= 11 is 0. The van der Waals surface area contributed by atoms with Crippen molar-refractivity contribution >= 4 is 5.97 Å². The van der Waals surface area contributed by atoms with Gasteiger partial charge in [-0.25, -0.2) is 9.78 Å². The third-order valence-electron chi connectivity index (χ3n) is 2.73. The molecule has 2 aromatic rings. The van der Waals surface area contributed by atoms with Crippen LogP contribution in [-0.4, -0.2) is 27.7 Å². The molecule has 0 fully saturated rings. The van der Waals surface area contributed by atoms with E-state index in [0.29, 0.717) is 11.4 Å². The first-order valence-corrected chi connectivity index (χ1v) is 5.50. The predicted molar refractivity (Wildman–Crippen MR) is 73.1 cm³/mol. The summed E-state index contributed by atoms with van der Waals surface area (Å²) in [5.41, 5.74) is -0.202. The second kappa shape index (κ2) is 5.98. The average Bonchev–Trinajstić information content (AvgIpc) is 2.39. The molecule has 0 atom stereocenters. The zero-order valence-corrected chi connectivity index (χ0v) is 11.2. The number of hydrogen-bond donors (Lipinski definition) is 2. The van der Waals surface area contributed by atoms with E-state index in [-0.39, 0.29) is 17.4 Å². The third kappa shape index (κ3) is 2.67. The summed E-state index contributed by atoms with van der Waals surface area (Å²) in [6.45, 7) is 1.49. The fraction of sp³-hybridized carbons (Fsp3) is 0.154. The molecule has 2 rings (SSSR count). The smallest absolute Gasteiger partial charge is 0.343 e. The maximum Gasteiger partial charge on any atom is 0.343 e. The van der Waals surface area contributed by atoms with Gasteiger partial charge in [-0.05, 0) is 31.2 Å². The van der Waals surface area contributed by atoms with Crippen molar-refractivity contribution < 1.29 is 14.6 Å². The number of carboxylic acids is 1. The van der Waals surface area contributed by atoms with Gasteiger partial charge >= 0.3 is 5.97 Å². The maximum absolute atomic E-state index is 12.1. The van der Waals surface area contributed by atoms with Crippen LogP contribution >= 0.6 is 0 Å². The highest BCUT2D eigenvalue weighted by atomic mass is 16.5. The number of aryl methyl sites for hydroxylation is 1. The van der Waals surface area contributed by atoms with E-state index in [9.17, 15) is 9.59 Å². The molecule has 0 unspecified atom stereocenters. The summed E-state index contributed by atoms with van der Waals surface area (Å²) in [5, 5.41) is 9.03. The molecule has 0 aliphatic carbocycles. The summed E-state index contributed by atoms with van der Waals surface area (Å²) < 4.78 is 6.21. The van der Waals surface area contributed by atoms with Crippen LogP contribution in [0.2, 0.25) is 0 Å². The number of ether oxygens (including phenoxy) is 1. The Labute approximate surface area is 115 Å². The minimum atomic E-state index is -1.28. The molecule has 106 valence electrons. The highest BCUT2D eigenvalue weighted by Gasteiger charge is 2.16. The van der Waals surface area contributed by atoms with Gasteiger partial charge in [0.05, 0.1) is 18.5 Å². The Morgan fingerprint density at radius 3 is 2.40 bits per heavy atom. The van der Waals surface area contributed by atoms with Crippen LogP contribution in [0.1, 0.15) is 16.1 Å². The Hall–Kier alpha value is -2.67. The van der Waals surface area contributed by atoms with Gasteiger partial charge in [0.15, 0.2) is 0 Å². The van der Waals surface area contributed by atoms with Crippen LogP contribution in [0, 0.1) is 6.92 Å². The van der Waals surface area contributed by atoms with Crippen LogP contribution in [0.3, 0.4) is 0 Å². The van der Waals surface area contributed by atoms with Crippen LogP contribution in [0.4, 0.5) is 0 Å². The van der Waals surface area contributed by atoms with Crippen molar-refractivity contribution in [1.82, 2.24) is 15.7 Å². The van der Waals surface area contributed by atoms with Gasteiger partial charge in [0, 0.05) is 0 Å². The van der Waals surface area contributed by atoms with Crippen molar-refractivity contribution in [2.75, 3.05) is 7.11 Å². The Morgan fingerprint density at radius 2 is 1.90 bits per heavy atom. The van der Waals surface area contributed by atoms with E-state index in [1.807, 2.05) is 0 Å². The molecule has 0 saturated carbocycles. The largest absolute Gasteiger partial charge is 0.497 e. The molecule has 1 aromatic carbocycles. The van der Waals surface area contributed by atoms with Crippen LogP contribution in [0.5, 0.6) is 5.75 Å². The summed E-state index contributed by atoms with van der Waals surface area (Å²) in [6.07, 6.45) is 1.31. The van der Waals surface area contributed by atoms with E-state index >= 15 is 0 Å². The Morgan fingerprint density at radius 1 is 1.30 bits per heavy atom. The Balaban J connectivity index is 0.00000200. The summed E-state index contributed by atoms with van der Waals surface area (Å²) in [4.78, 5) is 27.1. The number of benzene rings is 1. The number of rotatable bonds is 3. The second-order valence-electron chi connectivity index (χ2n) is 3.88. The van der Waals surface area contributed by atoms with Gasteiger partial charge in [-0.2, -0.15) is 0 Å². The fourth-order valence-electron chi connectivity index (χ4n) is 1.71. The number of aromatic nitrogens is 2. The number of nitrogens with zero attached hydrogens (tertiary/aromatic N) is 2. The molecule has 0 bridgehead atoms. The van der Waals surface area contributed by atoms with Crippen LogP contribution < -0.4 is 16.4 Å². The Kier molecular flexibility index (Phi) is 4.60. The third-order valence-corrected chi connectivity index (χ3v) is 2.73. The van der Waals surface area contributed by atoms with Gasteiger partial charge in [-0.1, -0.05) is 0 Å². The lowest BCUT2D eigenvalue weighted by atomic mass is 10.2. The van der Waals surface area contributed by atoms with Crippen molar-refractivity contribution in [2.45, 2.75) is 6.92 Å². The molecular weight excluding hydrogens is 262 g/mol. The zero-order valence-electron chi connectivity index (χ0n) is 11.2. The summed E-state index contributed by atoms with van der Waals surface area (Å²) in [5.74, 6) is -0.631. The highest BCUT2D eigenvalue weighted by molar-refractivity contribution is 5.88. The van der Waals surface area contributed by atoms with Gasteiger partial charge in [0.25, 0.3) is 5.56 Å². The van der Waals surface area contributed by atoms with Gasteiger partial charge in [-0.3, -0.25) is 9.36 Å². The van der Waals surface area contributed by atoms with Gasteiger partial charge in [0.1, 0.15) is 17.6 Å². The lowest BCUT2D eigenvalue weighted by Crippen LogP contribution is -2.27. The summed E-state index contributed by atoms with van der Waals surface area (Å²) in [7, 11) is 1.54. The van der Waals surface area contributed by atoms with Crippen molar-refractivity contribution in [3.63, 3.8) is 0 Å². The normalized spacial score (nSPS) is 9.70. The molecule has 7 heteroatoms. The molecule has 0 aliphatic heterocycles. The first-order chi connectivity index (χ1) is 9.04. The first kappa shape index (κ1) is 15.4. The summed E-state index contributed by atoms with van der Waals surface area (Å²) in [6, 6.07) is 6.68. The van der Waals surface area contributed by atoms with Gasteiger partial charge < -0.3 is 16.0 Å². The van der Waals surface area contributed by atoms with Crippen molar-refractivity contribution in [3.8, 4) is 11.4 Å². The molecule has 0 spiro atoms. The number of hydrogen-bond acceptors (Lipinski definition) is 5. The topological polar surface area (TPSA) is 116 Å². The first-order valence-electron chi connectivity index (χ1n) is 5.50. The maximum atomic E-state index is 12.1. The molecule has 0 amide bonds. The number of carbonyl (C=O) groups is 1. The predicted octanol–water partition coefficient (Wildman–Crippen LogP) is 1.41.